The molecule has 0 N–H and O–H groups in total. The second-order valence-electron chi connectivity index (χ2n) is 8.54. The van der Waals surface area contributed by atoms with Gasteiger partial charge in [-0.25, -0.2) is 0 Å². The van der Waals surface area contributed by atoms with E-state index in [-0.39, 0.29) is 22.9 Å². The number of ether oxygens (including phenoxy) is 3. The fourth-order valence-electron chi connectivity index (χ4n) is 4.06. The Morgan fingerprint density at radius 3 is 1.31 bits per heavy atom. The van der Waals surface area contributed by atoms with Gasteiger partial charge >= 0.3 is 0 Å². The summed E-state index contributed by atoms with van der Waals surface area (Å²) in [5.41, 5.74) is 3.50. The van der Waals surface area contributed by atoms with Crippen LogP contribution in [-0.2, 0) is 34.0 Å². The summed E-state index contributed by atoms with van der Waals surface area (Å²) in [4.78, 5) is 0. The van der Waals surface area contributed by atoms with Crippen LogP contribution in [0.5, 0.6) is 0 Å². The monoisotopic (exact) mass is 524 g/mol. The maximum atomic E-state index is 6.73. The molecule has 0 aromatic heterocycles. The third-order valence-corrected chi connectivity index (χ3v) is 8.58. The Morgan fingerprint density at radius 2 is 0.917 bits per heavy atom. The Balaban J connectivity index is 1.86. The minimum atomic E-state index is -0.203. The summed E-state index contributed by atoms with van der Waals surface area (Å²) >= 11 is 3.88. The lowest BCUT2D eigenvalue weighted by Crippen LogP contribution is -2.46. The summed E-state index contributed by atoms with van der Waals surface area (Å²) in [5, 5.41) is 0. The van der Waals surface area contributed by atoms with Crippen LogP contribution < -0.4 is 0 Å². The normalized spacial score (nSPS) is 14.0. The second kappa shape index (κ2) is 16.9. The first-order chi connectivity index (χ1) is 17.7. The average molecular weight is 525 g/mol. The van der Waals surface area contributed by atoms with Crippen LogP contribution in [0.15, 0.2) is 91.0 Å². The SMILES string of the molecule is CCSC(SCC)[C@H](OCc1ccccc1)[C@H](OCc1ccccc1)[C@@H](CC)OCc1ccccc1. The van der Waals surface area contributed by atoms with Gasteiger partial charge in [-0.05, 0) is 34.6 Å². The summed E-state index contributed by atoms with van der Waals surface area (Å²) in [6.07, 6.45) is 0.431. The van der Waals surface area contributed by atoms with E-state index in [1.807, 2.05) is 41.7 Å². The van der Waals surface area contributed by atoms with Gasteiger partial charge in [-0.3, -0.25) is 0 Å². The molecule has 0 aliphatic rings. The molecule has 3 atom stereocenters. The van der Waals surface area contributed by atoms with Crippen molar-refractivity contribution in [1.82, 2.24) is 0 Å². The molecule has 0 amide bonds. The number of benzene rings is 3. The summed E-state index contributed by atoms with van der Waals surface area (Å²) in [6, 6.07) is 31.2. The van der Waals surface area contributed by atoms with Gasteiger partial charge in [0.15, 0.2) is 0 Å². The van der Waals surface area contributed by atoms with E-state index in [0.29, 0.717) is 19.8 Å². The van der Waals surface area contributed by atoms with Crippen LogP contribution in [-0.4, -0.2) is 34.4 Å². The Hall–Kier alpha value is -1.76. The van der Waals surface area contributed by atoms with Gasteiger partial charge in [0.05, 0.1) is 30.5 Å². The highest BCUT2D eigenvalue weighted by molar-refractivity contribution is 8.17. The van der Waals surface area contributed by atoms with Crippen LogP contribution in [0.3, 0.4) is 0 Å². The summed E-state index contributed by atoms with van der Waals surface area (Å²) in [5.74, 6) is 2.05. The third kappa shape index (κ3) is 9.60. The van der Waals surface area contributed by atoms with Crippen molar-refractivity contribution in [3.8, 4) is 0 Å². The van der Waals surface area contributed by atoms with Crippen LogP contribution in [0, 0.1) is 0 Å². The van der Waals surface area contributed by atoms with Crippen LogP contribution in [0.2, 0.25) is 0 Å². The van der Waals surface area contributed by atoms with Gasteiger partial charge in [-0.1, -0.05) is 112 Å². The number of rotatable bonds is 17. The lowest BCUT2D eigenvalue weighted by Gasteiger charge is -2.37. The summed E-state index contributed by atoms with van der Waals surface area (Å²) in [7, 11) is 0. The minimum Gasteiger partial charge on any atom is -0.371 e. The third-order valence-electron chi connectivity index (χ3n) is 5.90. The van der Waals surface area contributed by atoms with Crippen LogP contribution in [0.1, 0.15) is 43.9 Å². The van der Waals surface area contributed by atoms with E-state index in [2.05, 4.69) is 93.6 Å². The van der Waals surface area contributed by atoms with Crippen molar-refractivity contribution in [2.75, 3.05) is 11.5 Å². The standard InChI is InChI=1S/C31H40O3S2/c1-4-28(32-22-25-16-10-7-11-17-25)29(33-23-26-18-12-8-13-19-26)30(31(35-5-2)36-6-3)34-24-27-20-14-9-15-21-27/h7-21,28-31H,4-6,22-24H2,1-3H3/t28-,29-,30-/m1/s1. The lowest BCUT2D eigenvalue weighted by molar-refractivity contribution is -0.147. The number of hydrogen-bond acceptors (Lipinski definition) is 5. The molecule has 0 fully saturated rings. The number of thioether (sulfide) groups is 2. The van der Waals surface area contributed by atoms with Crippen molar-refractivity contribution in [2.45, 2.75) is 69.9 Å². The van der Waals surface area contributed by atoms with Crippen molar-refractivity contribution >= 4 is 23.5 Å². The van der Waals surface area contributed by atoms with E-state index >= 15 is 0 Å². The maximum Gasteiger partial charge on any atom is 0.112 e. The zero-order chi connectivity index (χ0) is 25.4. The predicted molar refractivity (Wildman–Crippen MR) is 155 cm³/mol. The lowest BCUT2D eigenvalue weighted by atomic mass is 10.1. The van der Waals surface area contributed by atoms with Crippen molar-refractivity contribution < 1.29 is 14.2 Å². The Labute approximate surface area is 226 Å². The van der Waals surface area contributed by atoms with E-state index in [1.54, 1.807) is 0 Å². The Kier molecular flexibility index (Phi) is 13.5. The second-order valence-corrected chi connectivity index (χ2v) is 11.7. The molecule has 0 radical (unpaired) electrons. The molecule has 0 saturated carbocycles. The van der Waals surface area contributed by atoms with E-state index in [1.165, 1.54) is 11.1 Å². The molecule has 3 nitrogen and oxygen atoms in total. The molecule has 3 aromatic rings. The summed E-state index contributed by atoms with van der Waals surface area (Å²) < 4.78 is 20.2. The van der Waals surface area contributed by atoms with Crippen LogP contribution in [0.4, 0.5) is 0 Å². The zero-order valence-electron chi connectivity index (χ0n) is 21.8. The van der Waals surface area contributed by atoms with Gasteiger partial charge in [-0.15, -0.1) is 23.5 Å². The zero-order valence-corrected chi connectivity index (χ0v) is 23.4. The largest absolute Gasteiger partial charge is 0.371 e. The average Bonchev–Trinajstić information content (AvgIpc) is 2.93. The molecule has 0 bridgehead atoms. The molecule has 3 rings (SSSR count). The molecule has 0 heterocycles. The molecule has 5 heteroatoms. The first-order valence-corrected chi connectivity index (χ1v) is 15.0. The van der Waals surface area contributed by atoms with Gasteiger partial charge in [0, 0.05) is 0 Å². The maximum absolute atomic E-state index is 6.73. The molecule has 0 saturated heterocycles. The molecule has 0 aliphatic heterocycles. The molecule has 36 heavy (non-hydrogen) atoms. The minimum absolute atomic E-state index is 0.0906. The molecular formula is C31H40O3S2. The topological polar surface area (TPSA) is 27.7 Å². The van der Waals surface area contributed by atoms with Gasteiger partial charge in [0.1, 0.15) is 12.2 Å². The fourth-order valence-corrected chi connectivity index (χ4v) is 6.77. The van der Waals surface area contributed by atoms with Gasteiger partial charge in [0.25, 0.3) is 0 Å². The van der Waals surface area contributed by atoms with Crippen LogP contribution in [0.25, 0.3) is 0 Å². The highest BCUT2D eigenvalue weighted by atomic mass is 32.2. The Morgan fingerprint density at radius 1 is 0.528 bits per heavy atom. The predicted octanol–water partition coefficient (Wildman–Crippen LogP) is 7.98. The van der Waals surface area contributed by atoms with Crippen molar-refractivity contribution in [3.05, 3.63) is 108 Å². The fraction of sp³-hybridized carbons (Fsp3) is 0.419. The highest BCUT2D eigenvalue weighted by Gasteiger charge is 2.37. The Bertz CT molecular complexity index is 934. The van der Waals surface area contributed by atoms with Gasteiger partial charge in [-0.2, -0.15) is 0 Å². The van der Waals surface area contributed by atoms with E-state index < -0.39 is 0 Å². The molecule has 0 aliphatic carbocycles. The molecule has 0 spiro atoms. The first kappa shape index (κ1) is 28.8. The molecule has 3 aromatic carbocycles. The summed E-state index contributed by atoms with van der Waals surface area (Å²) in [6.45, 7) is 8.25. The van der Waals surface area contributed by atoms with E-state index in [0.717, 1.165) is 23.5 Å². The molecule has 0 unspecified atom stereocenters. The van der Waals surface area contributed by atoms with E-state index in [9.17, 15) is 0 Å². The first-order valence-electron chi connectivity index (χ1n) is 12.9. The number of hydrogen-bond donors (Lipinski definition) is 0. The smallest absolute Gasteiger partial charge is 0.112 e. The highest BCUT2D eigenvalue weighted by Crippen LogP contribution is 2.34. The van der Waals surface area contributed by atoms with Crippen molar-refractivity contribution in [2.24, 2.45) is 0 Å². The van der Waals surface area contributed by atoms with E-state index in [4.69, 9.17) is 14.2 Å². The van der Waals surface area contributed by atoms with Gasteiger partial charge < -0.3 is 14.2 Å². The van der Waals surface area contributed by atoms with Crippen LogP contribution >= 0.6 is 23.5 Å². The molecular weight excluding hydrogens is 484 g/mol. The van der Waals surface area contributed by atoms with Crippen molar-refractivity contribution in [1.29, 1.82) is 0 Å². The molecule has 194 valence electrons. The van der Waals surface area contributed by atoms with Gasteiger partial charge in [0.2, 0.25) is 0 Å². The quantitative estimate of drug-likeness (QED) is 0.167. The van der Waals surface area contributed by atoms with Crippen molar-refractivity contribution in [3.63, 3.8) is 0 Å².